The maximum atomic E-state index is 12.2. The van der Waals surface area contributed by atoms with Gasteiger partial charge in [0, 0.05) is 32.3 Å². The van der Waals surface area contributed by atoms with Crippen molar-refractivity contribution in [1.82, 2.24) is 15.3 Å². The number of benzene rings is 1. The van der Waals surface area contributed by atoms with Crippen molar-refractivity contribution < 1.29 is 13.5 Å². The molecule has 1 aromatic heterocycles. The molecule has 2 aromatic rings. The molecule has 3 rings (SSSR count). The van der Waals surface area contributed by atoms with Gasteiger partial charge in [-0.3, -0.25) is 0 Å². The van der Waals surface area contributed by atoms with Gasteiger partial charge >= 0.3 is 0 Å². The van der Waals surface area contributed by atoms with Gasteiger partial charge in [-0.25, -0.2) is 18.4 Å². The van der Waals surface area contributed by atoms with Crippen molar-refractivity contribution in [1.29, 1.82) is 0 Å². The van der Waals surface area contributed by atoms with Gasteiger partial charge in [-0.1, -0.05) is 12.1 Å². The van der Waals surface area contributed by atoms with Crippen molar-refractivity contribution in [3.8, 4) is 5.75 Å². The highest BCUT2D eigenvalue weighted by molar-refractivity contribution is 7.90. The van der Waals surface area contributed by atoms with Crippen molar-refractivity contribution in [2.75, 3.05) is 31.3 Å². The number of anilines is 1. The van der Waals surface area contributed by atoms with E-state index in [0.717, 1.165) is 31.5 Å². The maximum Gasteiger partial charge on any atom is 0.225 e. The highest BCUT2D eigenvalue weighted by Crippen LogP contribution is 2.28. The molecule has 0 radical (unpaired) electrons. The number of piperidine rings is 1. The largest absolute Gasteiger partial charge is 0.508 e. The summed E-state index contributed by atoms with van der Waals surface area (Å²) in [6, 6.07) is 7.00. The van der Waals surface area contributed by atoms with E-state index in [9.17, 15) is 13.5 Å². The standard InChI is InChI=1S/C18H24N4O3S/c1-22(12-13-5-3-7-15(23)9-13)18-20-11-16(26(2,24)25)17(21-18)14-6-4-8-19-10-14/h3,5,7,9,11,14,19,23H,4,6,8,10,12H2,1-2H3. The number of phenolic OH excluding ortho intramolecular Hbond substituents is 1. The topological polar surface area (TPSA) is 95.4 Å². The lowest BCUT2D eigenvalue weighted by atomic mass is 9.96. The first-order valence-electron chi connectivity index (χ1n) is 8.61. The fraction of sp³-hybridized carbons (Fsp3) is 0.444. The van der Waals surface area contributed by atoms with E-state index in [1.165, 1.54) is 12.5 Å². The Bertz CT molecular complexity index is 880. The first-order chi connectivity index (χ1) is 12.3. The number of hydrogen-bond donors (Lipinski definition) is 2. The van der Waals surface area contributed by atoms with E-state index < -0.39 is 9.84 Å². The molecule has 1 aromatic carbocycles. The number of phenols is 1. The zero-order valence-electron chi connectivity index (χ0n) is 15.0. The number of hydrogen-bond acceptors (Lipinski definition) is 7. The van der Waals surface area contributed by atoms with Gasteiger partial charge in [-0.05, 0) is 37.1 Å². The summed E-state index contributed by atoms with van der Waals surface area (Å²) in [6.07, 6.45) is 4.51. The summed E-state index contributed by atoms with van der Waals surface area (Å²) in [5.41, 5.74) is 1.51. The molecular formula is C18H24N4O3S. The van der Waals surface area contributed by atoms with Crippen LogP contribution in [0.15, 0.2) is 35.4 Å². The smallest absolute Gasteiger partial charge is 0.225 e. The van der Waals surface area contributed by atoms with Crippen LogP contribution in [0.1, 0.15) is 30.0 Å². The molecule has 1 atom stereocenters. The molecule has 0 amide bonds. The summed E-state index contributed by atoms with van der Waals surface area (Å²) in [5, 5.41) is 12.9. The van der Waals surface area contributed by atoms with Gasteiger partial charge in [-0.15, -0.1) is 0 Å². The van der Waals surface area contributed by atoms with E-state index in [4.69, 9.17) is 0 Å². The summed E-state index contributed by atoms with van der Waals surface area (Å²) in [6.45, 7) is 2.17. The molecule has 0 bridgehead atoms. The Labute approximate surface area is 154 Å². The summed E-state index contributed by atoms with van der Waals surface area (Å²) < 4.78 is 24.3. The van der Waals surface area contributed by atoms with E-state index in [1.54, 1.807) is 18.2 Å². The minimum absolute atomic E-state index is 0.0596. The third-order valence-corrected chi connectivity index (χ3v) is 5.64. The maximum absolute atomic E-state index is 12.2. The quantitative estimate of drug-likeness (QED) is 0.820. The van der Waals surface area contributed by atoms with Crippen LogP contribution in [-0.2, 0) is 16.4 Å². The Hall–Kier alpha value is -2.19. The van der Waals surface area contributed by atoms with E-state index in [0.29, 0.717) is 18.2 Å². The molecule has 0 spiro atoms. The van der Waals surface area contributed by atoms with Crippen LogP contribution in [0.4, 0.5) is 5.95 Å². The van der Waals surface area contributed by atoms with Gasteiger partial charge in [0.2, 0.25) is 5.95 Å². The van der Waals surface area contributed by atoms with Crippen LogP contribution >= 0.6 is 0 Å². The van der Waals surface area contributed by atoms with Crippen LogP contribution in [-0.4, -0.2) is 49.9 Å². The van der Waals surface area contributed by atoms with Crippen molar-refractivity contribution in [3.05, 3.63) is 41.7 Å². The Balaban J connectivity index is 1.92. The molecule has 1 aliphatic rings. The number of aromatic nitrogens is 2. The Morgan fingerprint density at radius 2 is 2.19 bits per heavy atom. The number of sulfone groups is 1. The van der Waals surface area contributed by atoms with Gasteiger partial charge in [0.15, 0.2) is 9.84 Å². The van der Waals surface area contributed by atoms with Crippen molar-refractivity contribution in [2.45, 2.75) is 30.2 Å². The van der Waals surface area contributed by atoms with Crippen molar-refractivity contribution in [2.24, 2.45) is 0 Å². The molecule has 1 fully saturated rings. The monoisotopic (exact) mass is 376 g/mol. The summed E-state index contributed by atoms with van der Waals surface area (Å²) in [7, 11) is -1.54. The second-order valence-corrected chi connectivity index (χ2v) is 8.75. The van der Waals surface area contributed by atoms with Gasteiger partial charge in [-0.2, -0.15) is 0 Å². The Morgan fingerprint density at radius 1 is 1.38 bits per heavy atom. The fourth-order valence-electron chi connectivity index (χ4n) is 3.22. The highest BCUT2D eigenvalue weighted by atomic mass is 32.2. The molecule has 26 heavy (non-hydrogen) atoms. The number of aromatic hydroxyl groups is 1. The summed E-state index contributed by atoms with van der Waals surface area (Å²) in [4.78, 5) is 10.9. The molecule has 1 unspecified atom stereocenters. The average molecular weight is 376 g/mol. The second-order valence-electron chi connectivity index (χ2n) is 6.76. The SMILES string of the molecule is CN(Cc1cccc(O)c1)c1ncc(S(C)(=O)=O)c(C2CCCNC2)n1. The highest BCUT2D eigenvalue weighted by Gasteiger charge is 2.25. The van der Waals surface area contributed by atoms with E-state index >= 15 is 0 Å². The first kappa shape index (κ1) is 18.6. The van der Waals surface area contributed by atoms with E-state index in [1.807, 2.05) is 18.0 Å². The van der Waals surface area contributed by atoms with Crippen LogP contribution in [0.3, 0.4) is 0 Å². The molecule has 0 aliphatic carbocycles. The Kier molecular flexibility index (Phi) is 5.43. The number of nitrogens with one attached hydrogen (secondary N) is 1. The van der Waals surface area contributed by atoms with Crippen molar-refractivity contribution >= 4 is 15.8 Å². The minimum Gasteiger partial charge on any atom is -0.508 e. The molecule has 1 aliphatic heterocycles. The summed E-state index contributed by atoms with van der Waals surface area (Å²) in [5.74, 6) is 0.740. The van der Waals surface area contributed by atoms with E-state index in [-0.39, 0.29) is 16.6 Å². The van der Waals surface area contributed by atoms with Crippen LogP contribution in [0.25, 0.3) is 0 Å². The molecule has 0 saturated carbocycles. The predicted molar refractivity (Wildman–Crippen MR) is 100 cm³/mol. The van der Waals surface area contributed by atoms with Crippen LogP contribution < -0.4 is 10.2 Å². The van der Waals surface area contributed by atoms with Crippen LogP contribution in [0, 0.1) is 0 Å². The zero-order valence-corrected chi connectivity index (χ0v) is 15.8. The summed E-state index contributed by atoms with van der Waals surface area (Å²) >= 11 is 0. The lowest BCUT2D eigenvalue weighted by Gasteiger charge is -2.25. The Morgan fingerprint density at radius 3 is 2.85 bits per heavy atom. The van der Waals surface area contributed by atoms with Gasteiger partial charge in [0.05, 0.1) is 11.9 Å². The fourth-order valence-corrected chi connectivity index (χ4v) is 4.06. The minimum atomic E-state index is -3.39. The van der Waals surface area contributed by atoms with Gasteiger partial charge < -0.3 is 15.3 Å². The molecule has 2 N–H and O–H groups in total. The molecule has 2 heterocycles. The third kappa shape index (κ3) is 4.31. The molecular weight excluding hydrogens is 352 g/mol. The number of nitrogens with zero attached hydrogens (tertiary/aromatic N) is 3. The van der Waals surface area contributed by atoms with Crippen LogP contribution in [0.2, 0.25) is 0 Å². The average Bonchev–Trinajstić information content (AvgIpc) is 2.61. The van der Waals surface area contributed by atoms with E-state index in [2.05, 4.69) is 15.3 Å². The van der Waals surface area contributed by atoms with Crippen molar-refractivity contribution in [3.63, 3.8) is 0 Å². The lowest BCUT2D eigenvalue weighted by Crippen LogP contribution is -2.30. The van der Waals surface area contributed by atoms with Gasteiger partial charge in [0.25, 0.3) is 0 Å². The molecule has 1 saturated heterocycles. The predicted octanol–water partition coefficient (Wildman–Crippen LogP) is 1.69. The molecule has 8 heteroatoms. The third-order valence-electron chi connectivity index (χ3n) is 4.52. The van der Waals surface area contributed by atoms with Crippen LogP contribution in [0.5, 0.6) is 5.75 Å². The second kappa shape index (κ2) is 7.59. The first-order valence-corrected chi connectivity index (χ1v) is 10.5. The van der Waals surface area contributed by atoms with Gasteiger partial charge in [0.1, 0.15) is 10.6 Å². The molecule has 7 nitrogen and oxygen atoms in total. The zero-order chi connectivity index (χ0) is 18.7. The molecule has 140 valence electrons. The lowest BCUT2D eigenvalue weighted by molar-refractivity contribution is 0.447. The normalized spacial score (nSPS) is 17.8. The number of rotatable bonds is 5.